The van der Waals surface area contributed by atoms with Crippen molar-refractivity contribution in [3.63, 3.8) is 0 Å². The maximum atomic E-state index is 5.66. The summed E-state index contributed by atoms with van der Waals surface area (Å²) >= 11 is 0. The average Bonchev–Trinajstić information content (AvgIpc) is 2.39. The lowest BCUT2D eigenvalue weighted by atomic mass is 9.95. The summed E-state index contributed by atoms with van der Waals surface area (Å²) < 4.78 is 5.37. The lowest BCUT2D eigenvalue weighted by molar-refractivity contribution is 0.0307. The van der Waals surface area contributed by atoms with Gasteiger partial charge in [0.05, 0.1) is 13.2 Å². The number of hydrogen-bond donors (Lipinski definition) is 1. The number of ether oxygens (including phenoxy) is 1. The van der Waals surface area contributed by atoms with Gasteiger partial charge in [-0.15, -0.1) is 24.8 Å². The first kappa shape index (κ1) is 19.4. The summed E-state index contributed by atoms with van der Waals surface area (Å²) in [5, 5.41) is 0. The van der Waals surface area contributed by atoms with Gasteiger partial charge in [0.15, 0.2) is 0 Å². The highest BCUT2D eigenvalue weighted by Crippen LogP contribution is 2.18. The lowest BCUT2D eigenvalue weighted by Gasteiger charge is -2.35. The van der Waals surface area contributed by atoms with Gasteiger partial charge in [0.25, 0.3) is 0 Å². The molecule has 4 nitrogen and oxygen atoms in total. The molecule has 0 spiro atoms. The Morgan fingerprint density at radius 2 is 1.68 bits per heavy atom. The van der Waals surface area contributed by atoms with Crippen molar-refractivity contribution in [3.8, 4) is 0 Å². The molecule has 0 aromatic rings. The van der Waals surface area contributed by atoms with Crippen LogP contribution in [0.15, 0.2) is 0 Å². The van der Waals surface area contributed by atoms with Gasteiger partial charge in [0, 0.05) is 32.7 Å². The highest BCUT2D eigenvalue weighted by Gasteiger charge is 2.20. The Morgan fingerprint density at radius 3 is 2.37 bits per heavy atom. The second-order valence-corrected chi connectivity index (χ2v) is 5.34. The van der Waals surface area contributed by atoms with Gasteiger partial charge in [-0.1, -0.05) is 0 Å². The van der Waals surface area contributed by atoms with E-state index in [0.717, 1.165) is 38.8 Å². The predicted molar refractivity (Wildman–Crippen MR) is 84.6 cm³/mol. The number of rotatable bonds is 5. The molecule has 2 fully saturated rings. The molecule has 2 N–H and O–H groups in total. The van der Waals surface area contributed by atoms with Crippen LogP contribution in [0.3, 0.4) is 0 Å². The molecule has 6 heteroatoms. The van der Waals surface area contributed by atoms with Crippen LogP contribution in [0.5, 0.6) is 0 Å². The maximum absolute atomic E-state index is 5.66. The van der Waals surface area contributed by atoms with Gasteiger partial charge in [0.1, 0.15) is 0 Å². The van der Waals surface area contributed by atoms with Crippen LogP contribution in [0.1, 0.15) is 19.3 Å². The van der Waals surface area contributed by atoms with Crippen LogP contribution < -0.4 is 5.73 Å². The molecule has 0 radical (unpaired) electrons. The number of piperidine rings is 1. The van der Waals surface area contributed by atoms with E-state index in [4.69, 9.17) is 10.5 Å². The molecule has 116 valence electrons. The topological polar surface area (TPSA) is 41.7 Å². The molecular formula is C13H29Cl2N3O. The Morgan fingerprint density at radius 1 is 1.00 bits per heavy atom. The van der Waals surface area contributed by atoms with E-state index in [0.29, 0.717) is 0 Å². The van der Waals surface area contributed by atoms with Crippen molar-refractivity contribution in [1.29, 1.82) is 0 Å². The summed E-state index contributed by atoms with van der Waals surface area (Å²) in [6.07, 6.45) is 3.94. The van der Waals surface area contributed by atoms with Crippen molar-refractivity contribution in [2.24, 2.45) is 11.7 Å². The van der Waals surface area contributed by atoms with Gasteiger partial charge < -0.3 is 15.4 Å². The van der Waals surface area contributed by atoms with E-state index in [1.807, 2.05) is 0 Å². The maximum Gasteiger partial charge on any atom is 0.0594 e. The quantitative estimate of drug-likeness (QED) is 0.829. The average molecular weight is 314 g/mol. The third-order valence-electron chi connectivity index (χ3n) is 4.01. The van der Waals surface area contributed by atoms with Gasteiger partial charge in [-0.05, 0) is 38.3 Å². The molecule has 1 atom stereocenters. The second-order valence-electron chi connectivity index (χ2n) is 5.34. The zero-order chi connectivity index (χ0) is 11.9. The van der Waals surface area contributed by atoms with Gasteiger partial charge in [-0.25, -0.2) is 0 Å². The molecule has 2 aliphatic rings. The Bertz CT molecular complexity index is 214. The number of hydrogen-bond acceptors (Lipinski definition) is 4. The summed E-state index contributed by atoms with van der Waals surface area (Å²) in [6.45, 7) is 9.88. The van der Waals surface area contributed by atoms with Crippen LogP contribution in [0.25, 0.3) is 0 Å². The van der Waals surface area contributed by atoms with E-state index < -0.39 is 0 Å². The fraction of sp³-hybridized carbons (Fsp3) is 1.00. The Hall–Kier alpha value is 0.420. The van der Waals surface area contributed by atoms with E-state index in [2.05, 4.69) is 9.80 Å². The van der Waals surface area contributed by atoms with Crippen molar-refractivity contribution in [1.82, 2.24) is 9.80 Å². The Balaban J connectivity index is 0.00000162. The molecule has 0 aliphatic carbocycles. The summed E-state index contributed by atoms with van der Waals surface area (Å²) in [6, 6.07) is 0. The lowest BCUT2D eigenvalue weighted by Crippen LogP contribution is -2.44. The molecule has 2 rings (SSSR count). The van der Waals surface area contributed by atoms with Crippen molar-refractivity contribution in [2.75, 3.05) is 59.0 Å². The third kappa shape index (κ3) is 7.11. The molecule has 0 saturated carbocycles. The van der Waals surface area contributed by atoms with Gasteiger partial charge >= 0.3 is 0 Å². The molecule has 19 heavy (non-hydrogen) atoms. The molecule has 2 heterocycles. The zero-order valence-electron chi connectivity index (χ0n) is 11.8. The monoisotopic (exact) mass is 313 g/mol. The fourth-order valence-corrected chi connectivity index (χ4v) is 2.93. The number of likely N-dealkylation sites (tertiary alicyclic amines) is 1. The summed E-state index contributed by atoms with van der Waals surface area (Å²) in [4.78, 5) is 5.15. The van der Waals surface area contributed by atoms with Crippen molar-refractivity contribution < 1.29 is 4.74 Å². The largest absolute Gasteiger partial charge is 0.379 e. The number of halogens is 2. The first-order chi connectivity index (χ1) is 8.38. The Kier molecular flexibility index (Phi) is 11.4. The van der Waals surface area contributed by atoms with Crippen LogP contribution in [-0.4, -0.2) is 68.8 Å². The van der Waals surface area contributed by atoms with Gasteiger partial charge in [-0.2, -0.15) is 0 Å². The molecule has 2 aliphatic heterocycles. The predicted octanol–water partition coefficient (Wildman–Crippen LogP) is 1.22. The van der Waals surface area contributed by atoms with Crippen LogP contribution in [-0.2, 0) is 4.74 Å². The first-order valence-electron chi connectivity index (χ1n) is 7.11. The summed E-state index contributed by atoms with van der Waals surface area (Å²) in [5.41, 5.74) is 5.66. The Labute approximate surface area is 129 Å². The van der Waals surface area contributed by atoms with Gasteiger partial charge in [-0.3, -0.25) is 4.90 Å². The standard InChI is InChI=1S/C13H27N3O.2ClH/c14-4-3-13-2-1-5-16(12-13)7-6-15-8-10-17-11-9-15;;/h13H,1-12,14H2;2*1H. The minimum absolute atomic E-state index is 0. The SMILES string of the molecule is Cl.Cl.NCCC1CCCN(CCN2CCOCC2)C1. The van der Waals surface area contributed by atoms with Gasteiger partial charge in [0.2, 0.25) is 0 Å². The molecule has 0 bridgehead atoms. The minimum atomic E-state index is 0. The normalized spacial score (nSPS) is 25.4. The molecule has 0 aromatic carbocycles. The van der Waals surface area contributed by atoms with Crippen LogP contribution >= 0.6 is 24.8 Å². The van der Waals surface area contributed by atoms with E-state index in [1.54, 1.807) is 0 Å². The number of morpholine rings is 1. The van der Waals surface area contributed by atoms with Crippen LogP contribution in [0.2, 0.25) is 0 Å². The molecular weight excluding hydrogens is 285 g/mol. The number of nitrogens with two attached hydrogens (primary N) is 1. The molecule has 0 amide bonds. The zero-order valence-corrected chi connectivity index (χ0v) is 13.4. The van der Waals surface area contributed by atoms with Crippen LogP contribution in [0.4, 0.5) is 0 Å². The highest BCUT2D eigenvalue weighted by molar-refractivity contribution is 5.85. The first-order valence-corrected chi connectivity index (χ1v) is 7.11. The summed E-state index contributed by atoms with van der Waals surface area (Å²) in [5.74, 6) is 0.846. The van der Waals surface area contributed by atoms with E-state index in [1.165, 1.54) is 45.4 Å². The van der Waals surface area contributed by atoms with Crippen molar-refractivity contribution in [3.05, 3.63) is 0 Å². The summed E-state index contributed by atoms with van der Waals surface area (Å²) in [7, 11) is 0. The molecule has 2 saturated heterocycles. The van der Waals surface area contributed by atoms with E-state index in [9.17, 15) is 0 Å². The molecule has 1 unspecified atom stereocenters. The minimum Gasteiger partial charge on any atom is -0.379 e. The smallest absolute Gasteiger partial charge is 0.0594 e. The number of nitrogens with zero attached hydrogens (tertiary/aromatic N) is 2. The second kappa shape index (κ2) is 11.1. The highest BCUT2D eigenvalue weighted by atomic mass is 35.5. The van der Waals surface area contributed by atoms with Crippen LogP contribution in [0, 0.1) is 5.92 Å². The third-order valence-corrected chi connectivity index (χ3v) is 4.01. The van der Waals surface area contributed by atoms with E-state index in [-0.39, 0.29) is 24.8 Å². The van der Waals surface area contributed by atoms with Crippen molar-refractivity contribution in [2.45, 2.75) is 19.3 Å². The molecule has 0 aromatic heterocycles. The fourth-order valence-electron chi connectivity index (χ4n) is 2.93. The van der Waals surface area contributed by atoms with Crippen molar-refractivity contribution >= 4 is 24.8 Å². The van der Waals surface area contributed by atoms with E-state index >= 15 is 0 Å².